The summed E-state index contributed by atoms with van der Waals surface area (Å²) in [6.45, 7) is 5.73. The van der Waals surface area contributed by atoms with Gasteiger partial charge in [-0.2, -0.15) is 0 Å². The van der Waals surface area contributed by atoms with Gasteiger partial charge in [-0.15, -0.1) is 0 Å². The molecule has 1 heterocycles. The molecule has 0 spiro atoms. The van der Waals surface area contributed by atoms with Gasteiger partial charge in [-0.05, 0) is 27.7 Å². The van der Waals surface area contributed by atoms with Gasteiger partial charge in [-0.25, -0.2) is 14.6 Å². The monoisotopic (exact) mass is 357 g/mol. The largest absolute Gasteiger partial charge is 0.467 e. The molecule has 1 atom stereocenters. The highest BCUT2D eigenvalue weighted by Gasteiger charge is 2.36. The fourth-order valence-corrected chi connectivity index (χ4v) is 1.65. The van der Waals surface area contributed by atoms with Gasteiger partial charge in [0, 0.05) is 0 Å². The molecule has 0 saturated carbocycles. The molecule has 10 nitrogen and oxygen atoms in total. The number of nitrogens with one attached hydrogen (secondary N) is 2. The van der Waals surface area contributed by atoms with Crippen LogP contribution in [0.5, 0.6) is 0 Å². The number of carbonyl (C=O) groups is 3. The summed E-state index contributed by atoms with van der Waals surface area (Å²) < 4.78 is 14.7. The van der Waals surface area contributed by atoms with Crippen LogP contribution in [0.2, 0.25) is 0 Å². The van der Waals surface area contributed by atoms with Crippen molar-refractivity contribution in [1.29, 1.82) is 0 Å². The Morgan fingerprint density at radius 1 is 1.28 bits per heavy atom. The number of ether oxygens (including phenoxy) is 2. The minimum Gasteiger partial charge on any atom is -0.467 e. The van der Waals surface area contributed by atoms with Crippen LogP contribution in [-0.2, 0) is 20.8 Å². The SMILES string of the molecule is COC(=O)[C@](C)(CO)NC(=O)c1coc(CNC(=O)OC(C)(C)C)n1. The Morgan fingerprint density at radius 2 is 1.92 bits per heavy atom. The lowest BCUT2D eigenvalue weighted by atomic mass is 10.0. The van der Waals surface area contributed by atoms with Crippen LogP contribution in [-0.4, -0.2) is 52.9 Å². The van der Waals surface area contributed by atoms with Gasteiger partial charge in [0.25, 0.3) is 5.91 Å². The maximum absolute atomic E-state index is 12.1. The van der Waals surface area contributed by atoms with Gasteiger partial charge in [0.2, 0.25) is 5.89 Å². The van der Waals surface area contributed by atoms with Crippen molar-refractivity contribution >= 4 is 18.0 Å². The van der Waals surface area contributed by atoms with Gasteiger partial charge < -0.3 is 29.6 Å². The first-order valence-electron chi connectivity index (χ1n) is 7.44. The fraction of sp³-hybridized carbons (Fsp3) is 0.600. The number of alkyl carbamates (subject to hydrolysis) is 1. The summed E-state index contributed by atoms with van der Waals surface area (Å²) in [4.78, 5) is 39.2. The van der Waals surface area contributed by atoms with Crippen LogP contribution in [0, 0.1) is 0 Å². The topological polar surface area (TPSA) is 140 Å². The van der Waals surface area contributed by atoms with E-state index in [1.165, 1.54) is 6.92 Å². The smallest absolute Gasteiger partial charge is 0.408 e. The Kier molecular flexibility index (Phi) is 6.51. The van der Waals surface area contributed by atoms with Crippen molar-refractivity contribution in [3.63, 3.8) is 0 Å². The van der Waals surface area contributed by atoms with Crippen LogP contribution in [0.3, 0.4) is 0 Å². The molecule has 0 unspecified atom stereocenters. The summed E-state index contributed by atoms with van der Waals surface area (Å²) in [7, 11) is 1.14. The summed E-state index contributed by atoms with van der Waals surface area (Å²) in [5.41, 5.74) is -2.38. The second kappa shape index (κ2) is 7.97. The average Bonchev–Trinajstić information content (AvgIpc) is 2.99. The first kappa shape index (κ1) is 20.4. The second-order valence-electron chi connectivity index (χ2n) is 6.42. The molecule has 0 aliphatic heterocycles. The van der Waals surface area contributed by atoms with E-state index in [1.807, 2.05) is 0 Å². The number of aromatic nitrogens is 1. The van der Waals surface area contributed by atoms with Crippen molar-refractivity contribution in [2.24, 2.45) is 0 Å². The highest BCUT2D eigenvalue weighted by molar-refractivity contribution is 5.96. The summed E-state index contributed by atoms with van der Waals surface area (Å²) in [5.74, 6) is -1.48. The molecule has 2 amide bonds. The van der Waals surface area contributed by atoms with Crippen LogP contribution >= 0.6 is 0 Å². The first-order valence-corrected chi connectivity index (χ1v) is 7.44. The van der Waals surface area contributed by atoms with Gasteiger partial charge in [0.1, 0.15) is 11.9 Å². The number of esters is 1. The highest BCUT2D eigenvalue weighted by atomic mass is 16.6. The van der Waals surface area contributed by atoms with Crippen LogP contribution < -0.4 is 10.6 Å². The predicted molar refractivity (Wildman–Crippen MR) is 84.5 cm³/mol. The zero-order valence-electron chi connectivity index (χ0n) is 14.8. The van der Waals surface area contributed by atoms with Crippen molar-refractivity contribution in [1.82, 2.24) is 15.6 Å². The molecule has 0 bridgehead atoms. The highest BCUT2D eigenvalue weighted by Crippen LogP contribution is 2.10. The van der Waals surface area contributed by atoms with E-state index in [0.29, 0.717) is 0 Å². The molecule has 0 saturated heterocycles. The van der Waals surface area contributed by atoms with Gasteiger partial charge in [-0.3, -0.25) is 4.79 Å². The standard InChI is InChI=1S/C15H23N3O7/c1-14(2,3)25-13(22)16-6-10-17-9(7-24-10)11(20)18-15(4,8-19)12(21)23-5/h7,19H,6,8H2,1-5H3,(H,16,22)(H,18,20)/t15-/m0/s1. The molecular formula is C15H23N3O7. The average molecular weight is 357 g/mol. The van der Waals surface area contributed by atoms with Gasteiger partial charge >= 0.3 is 12.1 Å². The normalized spacial score (nSPS) is 13.5. The van der Waals surface area contributed by atoms with Crippen molar-refractivity contribution < 1.29 is 33.4 Å². The maximum atomic E-state index is 12.1. The second-order valence-corrected chi connectivity index (χ2v) is 6.42. The summed E-state index contributed by atoms with van der Waals surface area (Å²) >= 11 is 0. The Balaban J connectivity index is 2.66. The molecule has 0 fully saturated rings. The van der Waals surface area contributed by atoms with Gasteiger partial charge in [0.15, 0.2) is 11.2 Å². The van der Waals surface area contributed by atoms with E-state index in [9.17, 15) is 19.5 Å². The first-order chi connectivity index (χ1) is 11.5. The van der Waals surface area contributed by atoms with Crippen LogP contribution in [0.25, 0.3) is 0 Å². The number of carbonyl (C=O) groups excluding carboxylic acids is 3. The summed E-state index contributed by atoms with van der Waals surface area (Å²) in [6.07, 6.45) is 0.409. The Bertz CT molecular complexity index is 635. The maximum Gasteiger partial charge on any atom is 0.408 e. The Morgan fingerprint density at radius 3 is 2.44 bits per heavy atom. The van der Waals surface area contributed by atoms with Crippen LogP contribution in [0.4, 0.5) is 4.79 Å². The number of aliphatic hydroxyl groups excluding tert-OH is 1. The van der Waals surface area contributed by atoms with Crippen molar-refractivity contribution in [3.05, 3.63) is 17.8 Å². The Hall–Kier alpha value is -2.62. The third kappa shape index (κ3) is 6.07. The Labute approximate surface area is 144 Å². The zero-order valence-corrected chi connectivity index (χ0v) is 14.8. The quantitative estimate of drug-likeness (QED) is 0.620. The number of aliphatic hydroxyl groups is 1. The van der Waals surface area contributed by atoms with Crippen LogP contribution in [0.1, 0.15) is 44.1 Å². The molecule has 0 aliphatic carbocycles. The van der Waals surface area contributed by atoms with Crippen molar-refractivity contribution in [2.75, 3.05) is 13.7 Å². The number of nitrogens with zero attached hydrogens (tertiary/aromatic N) is 1. The van der Waals surface area contributed by atoms with E-state index < -0.39 is 35.7 Å². The van der Waals surface area contributed by atoms with E-state index in [4.69, 9.17) is 9.15 Å². The van der Waals surface area contributed by atoms with E-state index in [2.05, 4.69) is 20.4 Å². The number of hydrogen-bond acceptors (Lipinski definition) is 8. The zero-order chi connectivity index (χ0) is 19.3. The van der Waals surface area contributed by atoms with Gasteiger partial charge in [-0.1, -0.05) is 0 Å². The summed E-state index contributed by atoms with van der Waals surface area (Å²) in [5, 5.41) is 14.1. The fourth-order valence-electron chi connectivity index (χ4n) is 1.65. The number of rotatable bonds is 6. The van der Waals surface area contributed by atoms with E-state index in [1.54, 1.807) is 20.8 Å². The minimum atomic E-state index is -1.61. The number of hydrogen-bond donors (Lipinski definition) is 3. The third-order valence-electron chi connectivity index (χ3n) is 2.91. The van der Waals surface area contributed by atoms with Gasteiger partial charge in [0.05, 0.1) is 20.3 Å². The molecular weight excluding hydrogens is 334 g/mol. The lowest BCUT2D eigenvalue weighted by Gasteiger charge is -2.24. The lowest BCUT2D eigenvalue weighted by Crippen LogP contribution is -2.55. The lowest BCUT2D eigenvalue weighted by molar-refractivity contribution is -0.149. The predicted octanol–water partition coefficient (Wildman–Crippen LogP) is 0.353. The van der Waals surface area contributed by atoms with Crippen molar-refractivity contribution in [3.8, 4) is 0 Å². The minimum absolute atomic E-state index is 0.0692. The molecule has 1 rings (SSSR count). The molecule has 1 aromatic heterocycles. The number of oxazole rings is 1. The summed E-state index contributed by atoms with van der Waals surface area (Å²) in [6, 6.07) is 0. The molecule has 25 heavy (non-hydrogen) atoms. The third-order valence-corrected chi connectivity index (χ3v) is 2.91. The van der Waals surface area contributed by atoms with E-state index in [-0.39, 0.29) is 18.1 Å². The number of amides is 2. The van der Waals surface area contributed by atoms with E-state index >= 15 is 0 Å². The molecule has 1 aromatic rings. The van der Waals surface area contributed by atoms with Crippen molar-refractivity contribution in [2.45, 2.75) is 45.4 Å². The van der Waals surface area contributed by atoms with E-state index in [0.717, 1.165) is 13.4 Å². The molecule has 140 valence electrons. The molecule has 10 heteroatoms. The molecule has 0 aliphatic rings. The number of methoxy groups -OCH3 is 1. The van der Waals surface area contributed by atoms with Crippen LogP contribution in [0.15, 0.2) is 10.7 Å². The molecule has 3 N–H and O–H groups in total. The molecule has 0 aromatic carbocycles. The molecule has 0 radical (unpaired) electrons.